The van der Waals surface area contributed by atoms with Gasteiger partial charge >= 0.3 is 5.69 Å². The zero-order chi connectivity index (χ0) is 38.1. The van der Waals surface area contributed by atoms with Crippen molar-refractivity contribution < 1.29 is 22.7 Å². The molecule has 2 aromatic heterocycles. The molecule has 2 unspecified atom stereocenters. The van der Waals surface area contributed by atoms with E-state index in [1.54, 1.807) is 0 Å². The maximum atomic E-state index is 15.8. The quantitative estimate of drug-likeness (QED) is 0.165. The molecule has 2 saturated heterocycles. The van der Waals surface area contributed by atoms with Crippen LogP contribution in [0.1, 0.15) is 70.3 Å². The topological polar surface area (TPSA) is 177 Å². The number of hydrogen-bond donors (Lipinski definition) is 4. The van der Waals surface area contributed by atoms with Crippen LogP contribution >= 0.6 is 22.9 Å². The molecule has 0 radical (unpaired) electrons. The highest BCUT2D eigenvalue weighted by Gasteiger charge is 2.35. The number of nitriles is 1. The molecule has 0 bridgehead atoms. The summed E-state index contributed by atoms with van der Waals surface area (Å²) in [7, 11) is 1.50. The third-order valence-electron chi connectivity index (χ3n) is 9.92. The maximum Gasteiger partial charge on any atom is 0.348 e. The van der Waals surface area contributed by atoms with Gasteiger partial charge in [0.1, 0.15) is 36.0 Å². The highest BCUT2D eigenvalue weighted by Crippen LogP contribution is 2.45. The number of ether oxygens (including phenoxy) is 1. The van der Waals surface area contributed by atoms with Crippen LogP contribution in [-0.2, 0) is 4.79 Å². The normalized spacial score (nSPS) is 19.9. The molecule has 2 aliphatic carbocycles. The smallest absolute Gasteiger partial charge is 0.348 e. The Kier molecular flexibility index (Phi) is 14.9. The first-order chi connectivity index (χ1) is 25.1. The molecule has 2 aromatic carbocycles. The lowest BCUT2D eigenvalue weighted by molar-refractivity contribution is -0.0980. The molecule has 2 saturated carbocycles. The number of aromatic nitrogens is 2. The van der Waals surface area contributed by atoms with E-state index in [4.69, 9.17) is 32.6 Å². The van der Waals surface area contributed by atoms with Gasteiger partial charge in [-0.1, -0.05) is 24.6 Å². The highest BCUT2D eigenvalue weighted by molar-refractivity contribution is 7.23. The third-order valence-corrected chi connectivity index (χ3v) is 11.2. The fourth-order valence-corrected chi connectivity index (χ4v) is 8.33. The van der Waals surface area contributed by atoms with Crippen molar-refractivity contribution in [3.05, 3.63) is 50.9 Å². The van der Waals surface area contributed by atoms with E-state index in [9.17, 15) is 18.8 Å². The Morgan fingerprint density at radius 3 is 2.46 bits per heavy atom. The number of nitrogens with two attached hydrogens (primary N) is 3. The van der Waals surface area contributed by atoms with Crippen LogP contribution in [0.3, 0.4) is 0 Å². The average molecular weight is 762 g/mol. The molecular formula is C37H47ClF3N7O3S. The number of nitrogen functional groups attached to an aromatic ring is 1. The third kappa shape index (κ3) is 9.24. The molecule has 0 amide bonds. The second kappa shape index (κ2) is 18.8. The van der Waals surface area contributed by atoms with Gasteiger partial charge in [0.2, 0.25) is 5.88 Å². The van der Waals surface area contributed by atoms with Crippen molar-refractivity contribution in [3.63, 3.8) is 0 Å². The van der Waals surface area contributed by atoms with Crippen LogP contribution in [0.2, 0.25) is 5.02 Å². The number of alkyl halides is 1. The number of H-pyrrole nitrogens is 1. The van der Waals surface area contributed by atoms with Crippen LogP contribution in [0.5, 0.6) is 5.88 Å². The van der Waals surface area contributed by atoms with Crippen LogP contribution < -0.4 is 27.6 Å². The zero-order valence-electron chi connectivity index (χ0n) is 29.5. The number of aromatic amines is 1. The summed E-state index contributed by atoms with van der Waals surface area (Å²) in [4.78, 5) is 28.7. The number of fused-ring (bicyclic) bond motifs is 3. The molecule has 8 rings (SSSR count). The zero-order valence-corrected chi connectivity index (χ0v) is 31.1. The van der Waals surface area contributed by atoms with Gasteiger partial charge in [-0.05, 0) is 107 Å². The number of rotatable bonds is 5. The maximum absolute atomic E-state index is 15.8. The number of carbonyl (C=O) groups excluding carboxylic acids is 1. The van der Waals surface area contributed by atoms with Gasteiger partial charge < -0.3 is 31.7 Å². The minimum absolute atomic E-state index is 0.00157. The SMILES string of the molecule is C=O.CC(CN)C1CC1.CN.F[C@@H]1CC2CCCN2C1.N#Cc1c(N)sc2c(F)ccc(-c3c(Cl)cc4c(OC5CCCC5)nc(=O)[nH]c4c3F)c12. The Balaban J connectivity index is 0.000000245. The lowest BCUT2D eigenvalue weighted by atomic mass is 9.97. The van der Waals surface area contributed by atoms with Crippen molar-refractivity contribution in [3.8, 4) is 23.1 Å². The Bertz CT molecular complexity index is 1920. The van der Waals surface area contributed by atoms with Gasteiger partial charge in [-0.15, -0.1) is 11.3 Å². The minimum Gasteiger partial charge on any atom is -0.474 e. The molecule has 2 aliphatic heterocycles. The van der Waals surface area contributed by atoms with Gasteiger partial charge in [0, 0.05) is 23.5 Å². The average Bonchev–Trinajstić information content (AvgIpc) is 3.38. The summed E-state index contributed by atoms with van der Waals surface area (Å²) in [5.41, 5.74) is 15.1. The summed E-state index contributed by atoms with van der Waals surface area (Å²) in [6.07, 6.45) is 9.25. The molecule has 282 valence electrons. The van der Waals surface area contributed by atoms with Crippen LogP contribution in [-0.4, -0.2) is 66.7 Å². The van der Waals surface area contributed by atoms with E-state index in [0.717, 1.165) is 68.4 Å². The number of anilines is 1. The molecule has 3 atom stereocenters. The molecule has 10 nitrogen and oxygen atoms in total. The van der Waals surface area contributed by atoms with Crippen LogP contribution in [0.25, 0.3) is 32.1 Å². The fourth-order valence-electron chi connectivity index (χ4n) is 7.09. The summed E-state index contributed by atoms with van der Waals surface area (Å²) < 4.78 is 48.8. The number of halogens is 4. The number of nitrogens with zero attached hydrogens (tertiary/aromatic N) is 3. The second-order valence-electron chi connectivity index (χ2n) is 13.3. The van der Waals surface area contributed by atoms with Gasteiger partial charge in [-0.3, -0.25) is 4.90 Å². The van der Waals surface area contributed by atoms with E-state index in [0.29, 0.717) is 12.6 Å². The van der Waals surface area contributed by atoms with Crippen molar-refractivity contribution in [1.82, 2.24) is 14.9 Å². The number of thiophene rings is 1. The van der Waals surface area contributed by atoms with E-state index in [2.05, 4.69) is 27.5 Å². The molecule has 4 aromatic rings. The van der Waals surface area contributed by atoms with Gasteiger partial charge in [0.05, 0.1) is 26.2 Å². The summed E-state index contributed by atoms with van der Waals surface area (Å²) in [6, 6.07) is 6.53. The molecule has 4 heterocycles. The van der Waals surface area contributed by atoms with E-state index >= 15 is 4.39 Å². The lowest BCUT2D eigenvalue weighted by Gasteiger charge is -2.16. The predicted molar refractivity (Wildman–Crippen MR) is 202 cm³/mol. The Labute approximate surface area is 310 Å². The summed E-state index contributed by atoms with van der Waals surface area (Å²) in [6.45, 7) is 6.97. The Morgan fingerprint density at radius 1 is 1.17 bits per heavy atom. The summed E-state index contributed by atoms with van der Waals surface area (Å²) in [5.74, 6) is 0.392. The first-order valence-corrected chi connectivity index (χ1v) is 18.7. The number of benzene rings is 2. The largest absolute Gasteiger partial charge is 0.474 e. The molecule has 4 fully saturated rings. The van der Waals surface area contributed by atoms with Crippen LogP contribution in [0.15, 0.2) is 23.0 Å². The van der Waals surface area contributed by atoms with Gasteiger partial charge in [-0.25, -0.2) is 18.0 Å². The van der Waals surface area contributed by atoms with E-state index in [1.165, 1.54) is 50.9 Å². The first-order valence-electron chi connectivity index (χ1n) is 17.5. The molecule has 0 spiro atoms. The van der Waals surface area contributed by atoms with Crippen LogP contribution in [0.4, 0.5) is 18.2 Å². The predicted octanol–water partition coefficient (Wildman–Crippen LogP) is 7.09. The molecular weight excluding hydrogens is 715 g/mol. The van der Waals surface area contributed by atoms with Gasteiger partial charge in [0.15, 0.2) is 5.82 Å². The number of nitrogens with one attached hydrogen (secondary N) is 1. The summed E-state index contributed by atoms with van der Waals surface area (Å²) >= 11 is 7.40. The fraction of sp³-hybridized carbons (Fsp3) is 0.514. The van der Waals surface area contributed by atoms with Crippen molar-refractivity contribution in [2.24, 2.45) is 23.3 Å². The van der Waals surface area contributed by atoms with Gasteiger partial charge in [-0.2, -0.15) is 10.2 Å². The summed E-state index contributed by atoms with van der Waals surface area (Å²) in [5, 5.41) is 10.1. The number of hydrogen-bond acceptors (Lipinski definition) is 10. The van der Waals surface area contributed by atoms with Crippen molar-refractivity contribution in [2.75, 3.05) is 32.4 Å². The Morgan fingerprint density at radius 2 is 1.87 bits per heavy atom. The van der Waals surface area contributed by atoms with Gasteiger partial charge in [0.25, 0.3) is 0 Å². The second-order valence-corrected chi connectivity index (χ2v) is 14.7. The van der Waals surface area contributed by atoms with E-state index in [-0.39, 0.29) is 59.7 Å². The van der Waals surface area contributed by atoms with E-state index in [1.807, 2.05) is 12.9 Å². The highest BCUT2D eigenvalue weighted by atomic mass is 35.5. The van der Waals surface area contributed by atoms with Crippen molar-refractivity contribution in [2.45, 2.75) is 83.0 Å². The minimum atomic E-state index is -0.829. The molecule has 52 heavy (non-hydrogen) atoms. The monoisotopic (exact) mass is 761 g/mol. The molecule has 4 aliphatic rings. The standard InChI is InChI=1S/C22H15ClF2N4O2S.C7H12FN.C6H13N.CH5N.CH2O/c23-13-7-11-18(28-22(30)29-21(11)31-9-3-1-2-4-9)17(25)16(13)10-5-6-14(24)19-15(10)12(8-26)20(27)32-19;8-6-4-7-2-1-3-9(7)5-6;1-5(4-7)6-2-3-6;2*1-2/h5-7,9H,1-4,27H2,(H,28,29,30);6-7H,1-5H2;5-6H,2-4,7H2,1H3;2H2,1H3;1H2/t;6-,7?;;;/m.1.../s1. The van der Waals surface area contributed by atoms with Crippen LogP contribution in [0, 0.1) is 34.8 Å². The Hall–Kier alpha value is -3.74. The van der Waals surface area contributed by atoms with E-state index < -0.39 is 23.5 Å². The number of carbonyl (C=O) groups is 1. The molecule has 15 heteroatoms. The van der Waals surface area contributed by atoms with Crippen molar-refractivity contribution >= 4 is 55.7 Å². The molecule has 7 N–H and O–H groups in total. The van der Waals surface area contributed by atoms with Crippen molar-refractivity contribution in [1.29, 1.82) is 5.26 Å². The first kappa shape index (κ1) is 41.0. The lowest BCUT2D eigenvalue weighted by Crippen LogP contribution is -2.22.